The van der Waals surface area contributed by atoms with E-state index in [-0.39, 0.29) is 0 Å². The molecule has 1 saturated carbocycles. The number of halogens is 1. The lowest BCUT2D eigenvalue weighted by atomic mass is 10.1. The molecule has 0 N–H and O–H groups in total. The first-order valence-corrected chi connectivity index (χ1v) is 8.76. The van der Waals surface area contributed by atoms with Gasteiger partial charge in [-0.2, -0.15) is 0 Å². The molecule has 0 aliphatic heterocycles. The first kappa shape index (κ1) is 13.3. The number of alkyl halides is 1. The largest absolute Gasteiger partial charge is 0.241 e. The second-order valence-electron chi connectivity index (χ2n) is 5.24. The van der Waals surface area contributed by atoms with Gasteiger partial charge in [-0.15, -0.1) is 11.3 Å². The Kier molecular flexibility index (Phi) is 4.34. The first-order chi connectivity index (χ1) is 9.33. The van der Waals surface area contributed by atoms with E-state index in [0.717, 1.165) is 22.9 Å². The molecule has 0 radical (unpaired) electrons. The maximum absolute atomic E-state index is 4.74. The predicted molar refractivity (Wildman–Crippen MR) is 85.9 cm³/mol. The Labute approximate surface area is 127 Å². The molecular formula is C16H18BrNS. The molecule has 3 heteroatoms. The highest BCUT2D eigenvalue weighted by molar-refractivity contribution is 9.09. The molecule has 0 bridgehead atoms. The molecule has 1 unspecified atom stereocenters. The Hall–Kier alpha value is -0.670. The lowest BCUT2D eigenvalue weighted by Gasteiger charge is -2.06. The van der Waals surface area contributed by atoms with E-state index in [9.17, 15) is 0 Å². The van der Waals surface area contributed by atoms with Crippen molar-refractivity contribution in [3.05, 3.63) is 40.7 Å². The van der Waals surface area contributed by atoms with E-state index in [1.54, 1.807) is 11.3 Å². The highest BCUT2D eigenvalue weighted by Gasteiger charge is 2.28. The van der Waals surface area contributed by atoms with Gasteiger partial charge in [0, 0.05) is 15.8 Å². The van der Waals surface area contributed by atoms with Gasteiger partial charge < -0.3 is 0 Å². The summed E-state index contributed by atoms with van der Waals surface area (Å²) in [6, 6.07) is 10.4. The minimum absolute atomic E-state index is 0.737. The van der Waals surface area contributed by atoms with E-state index >= 15 is 0 Å². The van der Waals surface area contributed by atoms with Gasteiger partial charge in [-0.3, -0.25) is 0 Å². The van der Waals surface area contributed by atoms with Crippen molar-refractivity contribution in [2.24, 2.45) is 5.92 Å². The predicted octanol–water partition coefficient (Wildman–Crippen LogP) is 5.31. The summed E-state index contributed by atoms with van der Waals surface area (Å²) in [5.41, 5.74) is 2.35. The second-order valence-corrected chi connectivity index (χ2v) is 7.36. The maximum atomic E-state index is 4.74. The van der Waals surface area contributed by atoms with Crippen molar-refractivity contribution in [1.29, 1.82) is 0 Å². The lowest BCUT2D eigenvalue weighted by Crippen LogP contribution is -2.00. The molecule has 1 atom stereocenters. The minimum atomic E-state index is 0.737. The Morgan fingerprint density at radius 3 is 2.79 bits per heavy atom. The molecule has 1 aliphatic rings. The van der Waals surface area contributed by atoms with Gasteiger partial charge in [0.2, 0.25) is 0 Å². The van der Waals surface area contributed by atoms with Crippen molar-refractivity contribution >= 4 is 27.3 Å². The van der Waals surface area contributed by atoms with E-state index in [0.29, 0.717) is 0 Å². The molecule has 2 aromatic rings. The molecule has 0 amide bonds. The number of thiazole rings is 1. The number of hydrogen-bond acceptors (Lipinski definition) is 2. The average Bonchev–Trinajstić information content (AvgIpc) is 3.20. The second kappa shape index (κ2) is 6.19. The number of nitrogens with zero attached hydrogens (tertiary/aromatic N) is 1. The van der Waals surface area contributed by atoms with Gasteiger partial charge in [-0.1, -0.05) is 46.3 Å². The van der Waals surface area contributed by atoms with Gasteiger partial charge in [-0.05, 0) is 38.0 Å². The summed E-state index contributed by atoms with van der Waals surface area (Å²) in [5.74, 6) is 0.955. The number of aryl methyl sites for hydroxylation is 1. The third-order valence-corrected chi connectivity index (χ3v) is 5.74. The summed E-state index contributed by atoms with van der Waals surface area (Å²) in [5, 5.41) is 3.45. The van der Waals surface area contributed by atoms with Gasteiger partial charge in [0.25, 0.3) is 0 Å². The third kappa shape index (κ3) is 3.67. The zero-order valence-electron chi connectivity index (χ0n) is 10.9. The minimum Gasteiger partial charge on any atom is -0.241 e. The Morgan fingerprint density at radius 2 is 2.05 bits per heavy atom. The van der Waals surface area contributed by atoms with E-state index in [1.165, 1.54) is 36.3 Å². The Bertz CT molecular complexity index is 519. The zero-order chi connectivity index (χ0) is 13.1. The summed E-state index contributed by atoms with van der Waals surface area (Å²) in [6.07, 6.45) is 6.49. The maximum Gasteiger partial charge on any atom is 0.0932 e. The van der Waals surface area contributed by atoms with Crippen molar-refractivity contribution in [2.75, 3.05) is 0 Å². The van der Waals surface area contributed by atoms with Gasteiger partial charge in [0.05, 0.1) is 10.7 Å². The molecule has 1 aromatic carbocycles. The molecular weight excluding hydrogens is 318 g/mol. The highest BCUT2D eigenvalue weighted by atomic mass is 79.9. The fourth-order valence-electron chi connectivity index (χ4n) is 2.31. The standard InChI is InChI=1S/C16H18BrNS/c17-14(12-9-10-12)7-4-8-16-18-15(11-19-16)13-5-2-1-3-6-13/h1-3,5-6,11-12,14H,4,7-10H2. The van der Waals surface area contributed by atoms with E-state index in [1.807, 2.05) is 6.07 Å². The number of aromatic nitrogens is 1. The van der Waals surface area contributed by atoms with Gasteiger partial charge in [0.1, 0.15) is 0 Å². The summed E-state index contributed by atoms with van der Waals surface area (Å²) in [4.78, 5) is 5.48. The van der Waals surface area contributed by atoms with Crippen molar-refractivity contribution in [3.8, 4) is 11.3 Å². The van der Waals surface area contributed by atoms with Gasteiger partial charge >= 0.3 is 0 Å². The fourth-order valence-corrected chi connectivity index (χ4v) is 4.01. The molecule has 19 heavy (non-hydrogen) atoms. The van der Waals surface area contributed by atoms with Crippen LogP contribution >= 0.6 is 27.3 Å². The normalized spacial score (nSPS) is 16.5. The van der Waals surface area contributed by atoms with Crippen LogP contribution in [0, 0.1) is 5.92 Å². The van der Waals surface area contributed by atoms with Crippen LogP contribution in [0.1, 0.15) is 30.7 Å². The summed E-state index contributed by atoms with van der Waals surface area (Å²) >= 11 is 5.60. The quantitative estimate of drug-likeness (QED) is 0.652. The van der Waals surface area contributed by atoms with Crippen LogP contribution in [0.25, 0.3) is 11.3 Å². The number of rotatable bonds is 6. The van der Waals surface area contributed by atoms with Crippen molar-refractivity contribution in [2.45, 2.75) is 36.9 Å². The molecule has 100 valence electrons. The highest BCUT2D eigenvalue weighted by Crippen LogP contribution is 2.38. The van der Waals surface area contributed by atoms with Crippen LogP contribution in [0.5, 0.6) is 0 Å². The smallest absolute Gasteiger partial charge is 0.0932 e. The van der Waals surface area contributed by atoms with E-state index in [4.69, 9.17) is 4.98 Å². The van der Waals surface area contributed by atoms with Crippen LogP contribution in [-0.2, 0) is 6.42 Å². The van der Waals surface area contributed by atoms with Crippen LogP contribution in [0.3, 0.4) is 0 Å². The van der Waals surface area contributed by atoms with Crippen LogP contribution in [-0.4, -0.2) is 9.81 Å². The Balaban J connectivity index is 1.53. The molecule has 1 fully saturated rings. The summed E-state index contributed by atoms with van der Waals surface area (Å²) in [7, 11) is 0. The summed E-state index contributed by atoms with van der Waals surface area (Å²) < 4.78 is 0. The van der Waals surface area contributed by atoms with Crippen LogP contribution in [0.4, 0.5) is 0 Å². The third-order valence-electron chi connectivity index (χ3n) is 3.63. The number of hydrogen-bond donors (Lipinski definition) is 0. The van der Waals surface area contributed by atoms with Crippen molar-refractivity contribution < 1.29 is 0 Å². The van der Waals surface area contributed by atoms with E-state index < -0.39 is 0 Å². The average molecular weight is 336 g/mol. The molecule has 1 nitrogen and oxygen atoms in total. The van der Waals surface area contributed by atoms with Gasteiger partial charge in [-0.25, -0.2) is 4.98 Å². The Morgan fingerprint density at radius 1 is 1.26 bits per heavy atom. The monoisotopic (exact) mass is 335 g/mol. The first-order valence-electron chi connectivity index (χ1n) is 6.97. The van der Waals surface area contributed by atoms with Gasteiger partial charge in [0.15, 0.2) is 0 Å². The molecule has 3 rings (SSSR count). The lowest BCUT2D eigenvalue weighted by molar-refractivity contribution is 0.652. The summed E-state index contributed by atoms with van der Waals surface area (Å²) in [6.45, 7) is 0. The topological polar surface area (TPSA) is 12.9 Å². The fraction of sp³-hybridized carbons (Fsp3) is 0.438. The number of benzene rings is 1. The van der Waals surface area contributed by atoms with Crippen molar-refractivity contribution in [1.82, 2.24) is 4.98 Å². The molecule has 1 heterocycles. The molecule has 0 saturated heterocycles. The van der Waals surface area contributed by atoms with Crippen LogP contribution < -0.4 is 0 Å². The zero-order valence-corrected chi connectivity index (χ0v) is 13.3. The molecule has 1 aliphatic carbocycles. The van der Waals surface area contributed by atoms with Crippen LogP contribution in [0.2, 0.25) is 0 Å². The molecule has 0 spiro atoms. The van der Waals surface area contributed by atoms with Crippen LogP contribution in [0.15, 0.2) is 35.7 Å². The molecule has 1 aromatic heterocycles. The van der Waals surface area contributed by atoms with Crippen molar-refractivity contribution in [3.63, 3.8) is 0 Å². The van der Waals surface area contributed by atoms with E-state index in [2.05, 4.69) is 45.6 Å². The SMILES string of the molecule is BrC(CCCc1nc(-c2ccccc2)cs1)C1CC1.